The van der Waals surface area contributed by atoms with Crippen LogP contribution in [-0.4, -0.2) is 49.1 Å². The second-order valence-corrected chi connectivity index (χ2v) is 11.1. The van der Waals surface area contributed by atoms with E-state index in [0.717, 1.165) is 4.57 Å². The number of aromatic nitrogens is 5. The molecule has 0 aliphatic heterocycles. The smallest absolute Gasteiger partial charge is 0.333 e. The Kier molecular flexibility index (Phi) is 9.48. The molecule has 0 saturated carbocycles. The zero-order valence-corrected chi connectivity index (χ0v) is 24.8. The molecule has 12 nitrogen and oxygen atoms in total. The van der Waals surface area contributed by atoms with Crippen LogP contribution in [0.1, 0.15) is 45.7 Å². The maximum absolute atomic E-state index is 14.0. The summed E-state index contributed by atoms with van der Waals surface area (Å²) in [6.07, 6.45) is 3.29. The van der Waals surface area contributed by atoms with Crippen molar-refractivity contribution in [2.75, 3.05) is 7.11 Å². The number of primary amides is 1. The van der Waals surface area contributed by atoms with E-state index in [0.29, 0.717) is 32.1 Å². The summed E-state index contributed by atoms with van der Waals surface area (Å²) < 4.78 is 21.8. The molecule has 0 radical (unpaired) electrons. The van der Waals surface area contributed by atoms with Crippen LogP contribution in [0.4, 0.5) is 4.39 Å². The lowest BCUT2D eigenvalue weighted by Crippen LogP contribution is -2.56. The molecule has 0 aliphatic rings. The van der Waals surface area contributed by atoms with Crippen LogP contribution in [-0.2, 0) is 28.1 Å². The normalized spacial score (nSPS) is 11.3. The zero-order valence-electron chi connectivity index (χ0n) is 24.0. The molecule has 3 heterocycles. The average molecular weight is 588 g/mol. The molecule has 3 aromatic heterocycles. The summed E-state index contributed by atoms with van der Waals surface area (Å²) in [5.41, 5.74) is 2.93. The molecule has 4 rings (SSSR count). The Labute approximate surface area is 239 Å². The van der Waals surface area contributed by atoms with Gasteiger partial charge in [-0.1, -0.05) is 11.3 Å². The standard InChI is InChI=1S/C25H29FN6O4S.C2H5NO/c1-14(2)29-23(34)25(4,5)31-20(33)19-15(3)21(32-27-10-11-28-32)37-22(19)30(24(31)35)12-9-16-13-17(26)7-8-18(16)36-6;1-2(3)4/h7-8,10-11,13-14H,9,12H2,1-6H3,(H,29,34);1H3,(H2,3,4). The summed E-state index contributed by atoms with van der Waals surface area (Å²) in [5.74, 6) is -0.732. The Morgan fingerprint density at radius 1 is 1.20 bits per heavy atom. The van der Waals surface area contributed by atoms with Crippen LogP contribution in [0.15, 0.2) is 40.2 Å². The quantitative estimate of drug-likeness (QED) is 0.320. The van der Waals surface area contributed by atoms with E-state index in [9.17, 15) is 23.6 Å². The van der Waals surface area contributed by atoms with E-state index in [2.05, 4.69) is 21.2 Å². The molecule has 2 amide bonds. The predicted octanol–water partition coefficient (Wildman–Crippen LogP) is 2.26. The average Bonchev–Trinajstić information content (AvgIpc) is 3.51. The van der Waals surface area contributed by atoms with Gasteiger partial charge in [0.1, 0.15) is 26.9 Å². The van der Waals surface area contributed by atoms with Crippen LogP contribution in [0.25, 0.3) is 15.2 Å². The van der Waals surface area contributed by atoms with Crippen molar-refractivity contribution in [2.24, 2.45) is 5.73 Å². The molecule has 0 bridgehead atoms. The van der Waals surface area contributed by atoms with Crippen LogP contribution in [0.5, 0.6) is 5.75 Å². The molecule has 41 heavy (non-hydrogen) atoms. The fourth-order valence-electron chi connectivity index (χ4n) is 4.25. The molecular weight excluding hydrogens is 553 g/mol. The predicted molar refractivity (Wildman–Crippen MR) is 154 cm³/mol. The van der Waals surface area contributed by atoms with Crippen molar-refractivity contribution in [3.05, 3.63) is 68.4 Å². The lowest BCUT2D eigenvalue weighted by atomic mass is 10.0. The number of nitrogens with two attached hydrogens (primary N) is 1. The second-order valence-electron chi connectivity index (χ2n) is 10.1. The molecular formula is C27H34FN7O5S. The SMILES string of the molecule is CC(N)=O.COc1ccc(F)cc1CCn1c(=O)n(C(C)(C)C(=O)NC(C)C)c(=O)c2c(C)c(-n3nccn3)sc21. The van der Waals surface area contributed by atoms with E-state index in [1.54, 1.807) is 20.8 Å². The van der Waals surface area contributed by atoms with Gasteiger partial charge < -0.3 is 15.8 Å². The van der Waals surface area contributed by atoms with Gasteiger partial charge in [-0.3, -0.25) is 19.0 Å². The van der Waals surface area contributed by atoms with E-state index < -0.39 is 28.5 Å². The molecule has 3 N–H and O–H groups in total. The van der Waals surface area contributed by atoms with Gasteiger partial charge in [-0.15, -0.1) is 4.80 Å². The number of nitrogens with one attached hydrogen (secondary N) is 1. The first-order valence-corrected chi connectivity index (χ1v) is 13.6. The second kappa shape index (κ2) is 12.5. The van der Waals surface area contributed by atoms with Gasteiger partial charge in [-0.25, -0.2) is 13.8 Å². The number of aryl methyl sites for hydroxylation is 3. The van der Waals surface area contributed by atoms with Gasteiger partial charge in [-0.2, -0.15) is 10.2 Å². The first-order chi connectivity index (χ1) is 19.2. The Hall–Kier alpha value is -4.33. The maximum atomic E-state index is 14.0. The van der Waals surface area contributed by atoms with Gasteiger partial charge in [0, 0.05) is 25.1 Å². The Morgan fingerprint density at radius 3 is 2.37 bits per heavy atom. The topological polar surface area (TPSA) is 156 Å². The van der Waals surface area contributed by atoms with Crippen molar-refractivity contribution in [3.63, 3.8) is 0 Å². The number of benzene rings is 1. The van der Waals surface area contributed by atoms with E-state index in [1.165, 1.54) is 79.2 Å². The van der Waals surface area contributed by atoms with E-state index in [4.69, 9.17) is 4.74 Å². The van der Waals surface area contributed by atoms with Crippen molar-refractivity contribution >= 4 is 33.4 Å². The van der Waals surface area contributed by atoms with Crippen LogP contribution in [0.3, 0.4) is 0 Å². The van der Waals surface area contributed by atoms with E-state index in [1.807, 2.05) is 0 Å². The molecule has 0 unspecified atom stereocenters. The van der Waals surface area contributed by atoms with E-state index in [-0.39, 0.29) is 24.9 Å². The highest BCUT2D eigenvalue weighted by atomic mass is 32.1. The third-order valence-corrected chi connectivity index (χ3v) is 7.45. The fourth-order valence-corrected chi connectivity index (χ4v) is 5.49. The van der Waals surface area contributed by atoms with Crippen LogP contribution in [0, 0.1) is 12.7 Å². The molecule has 0 spiro atoms. The highest BCUT2D eigenvalue weighted by Crippen LogP contribution is 2.31. The number of rotatable bonds is 8. The minimum Gasteiger partial charge on any atom is -0.496 e. The number of ether oxygens (including phenoxy) is 1. The Balaban J connectivity index is 0.00000108. The zero-order chi connectivity index (χ0) is 30.6. The number of nitrogens with zero attached hydrogens (tertiary/aromatic N) is 5. The number of carbonyl (C=O) groups excluding carboxylic acids is 2. The first-order valence-electron chi connectivity index (χ1n) is 12.8. The van der Waals surface area contributed by atoms with Crippen LogP contribution < -0.4 is 27.0 Å². The van der Waals surface area contributed by atoms with Crippen LogP contribution >= 0.6 is 11.3 Å². The minimum atomic E-state index is -1.48. The summed E-state index contributed by atoms with van der Waals surface area (Å²) in [7, 11) is 1.49. The van der Waals surface area contributed by atoms with Crippen molar-refractivity contribution in [1.29, 1.82) is 0 Å². The van der Waals surface area contributed by atoms with Crippen molar-refractivity contribution in [3.8, 4) is 10.8 Å². The molecule has 1 aromatic carbocycles. The number of hydrogen-bond acceptors (Lipinski definition) is 8. The molecule has 0 fully saturated rings. The number of methoxy groups -OCH3 is 1. The minimum absolute atomic E-state index is 0.114. The summed E-state index contributed by atoms with van der Waals surface area (Å²) in [5, 5.41) is 12.0. The molecule has 4 aromatic rings. The van der Waals surface area contributed by atoms with Crippen molar-refractivity contribution in [1.82, 2.24) is 29.4 Å². The Bertz CT molecular complexity index is 1680. The van der Waals surface area contributed by atoms with Gasteiger partial charge in [0.05, 0.1) is 24.9 Å². The number of fused-ring (bicyclic) bond motifs is 1. The summed E-state index contributed by atoms with van der Waals surface area (Å²) in [4.78, 5) is 51.9. The van der Waals surface area contributed by atoms with Crippen molar-refractivity contribution < 1.29 is 18.7 Å². The van der Waals surface area contributed by atoms with Gasteiger partial charge in [0.15, 0.2) is 0 Å². The lowest BCUT2D eigenvalue weighted by molar-refractivity contribution is -0.129. The van der Waals surface area contributed by atoms with Crippen LogP contribution in [0.2, 0.25) is 0 Å². The monoisotopic (exact) mass is 587 g/mol. The highest BCUT2D eigenvalue weighted by Gasteiger charge is 2.35. The fraction of sp³-hybridized carbons (Fsp3) is 0.407. The molecule has 0 saturated heterocycles. The van der Waals surface area contributed by atoms with Gasteiger partial charge in [0.2, 0.25) is 11.8 Å². The third-order valence-electron chi connectivity index (χ3n) is 6.17. The number of halogens is 1. The maximum Gasteiger partial charge on any atom is 0.333 e. The number of carbonyl (C=O) groups is 2. The molecule has 220 valence electrons. The largest absolute Gasteiger partial charge is 0.496 e. The van der Waals surface area contributed by atoms with Gasteiger partial charge in [0.25, 0.3) is 5.56 Å². The van der Waals surface area contributed by atoms with Gasteiger partial charge in [-0.05, 0) is 64.8 Å². The molecule has 0 aliphatic carbocycles. The number of hydrogen-bond donors (Lipinski definition) is 2. The molecule has 0 atom stereocenters. The Morgan fingerprint density at radius 2 is 1.80 bits per heavy atom. The summed E-state index contributed by atoms with van der Waals surface area (Å²) in [6, 6.07) is 4.00. The molecule has 14 heteroatoms. The summed E-state index contributed by atoms with van der Waals surface area (Å²) >= 11 is 1.20. The number of amides is 2. The lowest BCUT2D eigenvalue weighted by Gasteiger charge is -2.27. The van der Waals surface area contributed by atoms with Crippen molar-refractivity contribution in [2.45, 2.75) is 66.1 Å². The van der Waals surface area contributed by atoms with Gasteiger partial charge >= 0.3 is 5.69 Å². The van der Waals surface area contributed by atoms with E-state index >= 15 is 0 Å². The third kappa shape index (κ3) is 6.53. The summed E-state index contributed by atoms with van der Waals surface area (Å²) in [6.45, 7) is 9.86. The highest BCUT2D eigenvalue weighted by molar-refractivity contribution is 7.21. The first kappa shape index (κ1) is 31.2. The number of thiophene rings is 1.